The Kier molecular flexibility index (Phi) is 15.5. The number of hydrogen-bond acceptors (Lipinski definition) is 0. The lowest BCUT2D eigenvalue weighted by Gasteiger charge is -2.45. The van der Waals surface area contributed by atoms with Crippen molar-refractivity contribution in [3.8, 4) is 0 Å². The van der Waals surface area contributed by atoms with Gasteiger partial charge in [-0.1, -0.05) is 257 Å². The topological polar surface area (TPSA) is 4.44 Å². The molecule has 9 rings (SSSR count). The van der Waals surface area contributed by atoms with Crippen molar-refractivity contribution in [2.24, 2.45) is 0 Å². The highest BCUT2D eigenvalue weighted by molar-refractivity contribution is 7.20. The summed E-state index contributed by atoms with van der Waals surface area (Å²) >= 11 is 0. The second kappa shape index (κ2) is 21.6. The highest BCUT2D eigenvalue weighted by atomic mass is 15.1. The lowest BCUT2D eigenvalue weighted by atomic mass is 9.13. The third-order valence-electron chi connectivity index (χ3n) is 13.8. The standard InChI is InChI=1S/2C28H28B.C8H11N/c1-21-5-13-25(14-6-21)29(26-15-7-22(2)8-16-26,27-17-9-23(3)10-18-27)28-19-11-24(4)12-20-28;1-21-9-5-13-25(17-21)29(26-14-6-10-22(2)18-26,27-15-7-11-23(3)19-27)28-16-8-12-24(4)20-28;1-9(2)8-6-4-3-5-7-8/h2*5-20H,1-4H3;3-7H,1-2H3/q2*-1;/p+1. The van der Waals surface area contributed by atoms with Gasteiger partial charge in [-0.15, -0.1) is 0 Å². The molecule has 1 N–H and O–H groups in total. The van der Waals surface area contributed by atoms with E-state index in [9.17, 15) is 0 Å². The van der Waals surface area contributed by atoms with Gasteiger partial charge in [0.05, 0.1) is 14.1 Å². The molecule has 0 saturated carbocycles. The fraction of sp³-hybridized carbons (Fsp3) is 0.156. The van der Waals surface area contributed by atoms with E-state index in [1.165, 1.54) is 98.8 Å². The van der Waals surface area contributed by atoms with Gasteiger partial charge >= 0.3 is 0 Å². The van der Waals surface area contributed by atoms with Gasteiger partial charge in [0.1, 0.15) is 18.0 Å². The smallest absolute Gasteiger partial charge is 0.130 e. The van der Waals surface area contributed by atoms with Crippen molar-refractivity contribution in [2.75, 3.05) is 14.1 Å². The second-order valence-corrected chi connectivity index (χ2v) is 19.4. The molecule has 0 amide bonds. The van der Waals surface area contributed by atoms with Gasteiger partial charge in [-0.25, -0.2) is 0 Å². The van der Waals surface area contributed by atoms with Gasteiger partial charge in [0.2, 0.25) is 0 Å². The van der Waals surface area contributed by atoms with Gasteiger partial charge in [0.25, 0.3) is 0 Å². The van der Waals surface area contributed by atoms with Crippen LogP contribution in [-0.2, 0) is 0 Å². The molecule has 3 heteroatoms. The van der Waals surface area contributed by atoms with Crippen LogP contribution in [0.3, 0.4) is 0 Å². The first-order valence-electron chi connectivity index (χ1n) is 24.0. The van der Waals surface area contributed by atoms with E-state index in [0.717, 1.165) is 0 Å². The van der Waals surface area contributed by atoms with Crippen molar-refractivity contribution in [3.63, 3.8) is 0 Å². The summed E-state index contributed by atoms with van der Waals surface area (Å²) in [7, 11) is 4.24. The fourth-order valence-electron chi connectivity index (χ4n) is 10.3. The van der Waals surface area contributed by atoms with Crippen LogP contribution in [0.2, 0.25) is 0 Å². The second-order valence-electron chi connectivity index (χ2n) is 19.4. The molecule has 0 bridgehead atoms. The summed E-state index contributed by atoms with van der Waals surface area (Å²) in [6.45, 7) is 17.4. The summed E-state index contributed by atoms with van der Waals surface area (Å²) in [5.41, 5.74) is 22.5. The predicted octanol–water partition coefficient (Wildman–Crippen LogP) is 9.06. The predicted molar refractivity (Wildman–Crippen MR) is 297 cm³/mol. The van der Waals surface area contributed by atoms with E-state index < -0.39 is 12.3 Å². The van der Waals surface area contributed by atoms with Crippen LogP contribution in [0, 0.1) is 55.4 Å². The molecular weight excluding hydrogens is 804 g/mol. The average Bonchev–Trinajstić information content (AvgIpc) is 3.32. The minimum Gasteiger partial charge on any atom is -0.307 e. The molecule has 67 heavy (non-hydrogen) atoms. The molecule has 0 heterocycles. The van der Waals surface area contributed by atoms with Crippen LogP contribution in [0.15, 0.2) is 224 Å². The Bertz CT molecular complexity index is 2610. The third kappa shape index (κ3) is 10.9. The van der Waals surface area contributed by atoms with Gasteiger partial charge < -0.3 is 4.90 Å². The number of benzene rings is 9. The van der Waals surface area contributed by atoms with E-state index in [-0.39, 0.29) is 0 Å². The lowest BCUT2D eigenvalue weighted by molar-refractivity contribution is -0.786. The Morgan fingerprint density at radius 2 is 0.463 bits per heavy atom. The highest BCUT2D eigenvalue weighted by Crippen LogP contribution is 2.15. The molecule has 1 nitrogen and oxygen atoms in total. The lowest BCUT2D eigenvalue weighted by Crippen LogP contribution is -3.00. The highest BCUT2D eigenvalue weighted by Gasteiger charge is 2.33. The van der Waals surface area contributed by atoms with Crippen molar-refractivity contribution >= 4 is 61.7 Å². The van der Waals surface area contributed by atoms with Gasteiger partial charge in [0, 0.05) is 0 Å². The van der Waals surface area contributed by atoms with E-state index >= 15 is 0 Å². The van der Waals surface area contributed by atoms with Gasteiger partial charge in [0.15, 0.2) is 0 Å². The third-order valence-corrected chi connectivity index (χ3v) is 13.8. The molecule has 0 aliphatic carbocycles. The summed E-state index contributed by atoms with van der Waals surface area (Å²) in [5, 5.41) is 0. The number of aryl methyl sites for hydroxylation is 8. The zero-order valence-corrected chi connectivity index (χ0v) is 41.5. The molecule has 0 aliphatic heterocycles. The molecule has 0 fully saturated rings. The Balaban J connectivity index is 0.000000168. The van der Waals surface area contributed by atoms with E-state index in [4.69, 9.17) is 0 Å². The summed E-state index contributed by atoms with van der Waals surface area (Å²) in [4.78, 5) is 1.37. The maximum Gasteiger partial charge on any atom is 0.130 e. The summed E-state index contributed by atoms with van der Waals surface area (Å²) < 4.78 is 0. The maximum absolute atomic E-state index is 2.37. The first-order chi connectivity index (χ1) is 32.3. The number of rotatable bonds is 9. The fourth-order valence-corrected chi connectivity index (χ4v) is 10.3. The summed E-state index contributed by atoms with van der Waals surface area (Å²) in [6, 6.07) is 83.0. The molecule has 0 aliphatic rings. The first kappa shape index (κ1) is 48.0. The minimum atomic E-state index is -1.29. The van der Waals surface area contributed by atoms with Gasteiger partial charge in [-0.2, -0.15) is 43.7 Å². The molecule has 9 aromatic carbocycles. The quantitative estimate of drug-likeness (QED) is 0.138. The molecule has 0 spiro atoms. The zero-order valence-electron chi connectivity index (χ0n) is 41.5. The maximum atomic E-state index is 2.37. The van der Waals surface area contributed by atoms with Gasteiger partial charge in [-0.3, -0.25) is 0 Å². The first-order valence-corrected chi connectivity index (χ1v) is 24.0. The molecule has 0 unspecified atom stereocenters. The zero-order chi connectivity index (χ0) is 47.6. The average molecular weight is 873 g/mol. The Morgan fingerprint density at radius 3 is 0.672 bits per heavy atom. The van der Waals surface area contributed by atoms with Crippen LogP contribution >= 0.6 is 0 Å². The van der Waals surface area contributed by atoms with Crippen LogP contribution in [0.1, 0.15) is 44.5 Å². The van der Waals surface area contributed by atoms with Crippen molar-refractivity contribution in [1.29, 1.82) is 0 Å². The monoisotopic (exact) mass is 873 g/mol. The van der Waals surface area contributed by atoms with Crippen LogP contribution < -0.4 is 48.6 Å². The van der Waals surface area contributed by atoms with Crippen LogP contribution in [-0.4, -0.2) is 26.4 Å². The molecule has 336 valence electrons. The minimum absolute atomic E-state index is 1.27. The summed E-state index contributed by atoms with van der Waals surface area (Å²) in [6.07, 6.45) is -2.57. The van der Waals surface area contributed by atoms with E-state index in [2.05, 4.69) is 288 Å². The van der Waals surface area contributed by atoms with Gasteiger partial charge in [-0.05, 0) is 67.5 Å². The normalized spacial score (nSPS) is 11.3. The molecule has 9 aromatic rings. The van der Waals surface area contributed by atoms with Crippen molar-refractivity contribution in [1.82, 2.24) is 0 Å². The Morgan fingerprint density at radius 1 is 0.224 bits per heavy atom. The van der Waals surface area contributed by atoms with Crippen molar-refractivity contribution < 1.29 is 4.90 Å². The van der Waals surface area contributed by atoms with E-state index in [1.807, 2.05) is 6.07 Å². The molecule has 0 aromatic heterocycles. The Labute approximate surface area is 403 Å². The van der Waals surface area contributed by atoms with Crippen LogP contribution in [0.25, 0.3) is 0 Å². The molecule has 0 atom stereocenters. The SMILES string of the molecule is C[NH+](C)c1ccccc1.Cc1ccc([B-](c2ccc(C)cc2)(c2ccc(C)cc2)c2ccc(C)cc2)cc1.Cc1cccc([B-](c2cccc(C)c2)(c2cccc(C)c2)c2cccc(C)c2)c1. The Hall–Kier alpha value is -6.93. The molecule has 0 saturated heterocycles. The van der Waals surface area contributed by atoms with Crippen molar-refractivity contribution in [3.05, 3.63) is 269 Å². The number of quaternary nitrogens is 1. The van der Waals surface area contributed by atoms with Crippen LogP contribution in [0.4, 0.5) is 5.69 Å². The number of nitrogens with one attached hydrogen (secondary N) is 1. The van der Waals surface area contributed by atoms with Crippen molar-refractivity contribution in [2.45, 2.75) is 55.4 Å². The van der Waals surface area contributed by atoms with E-state index in [1.54, 1.807) is 0 Å². The van der Waals surface area contributed by atoms with E-state index in [0.29, 0.717) is 0 Å². The largest absolute Gasteiger partial charge is 0.307 e. The van der Waals surface area contributed by atoms with Crippen LogP contribution in [0.5, 0.6) is 0 Å². The molecular formula is C64H68B2N-. The summed E-state index contributed by atoms with van der Waals surface area (Å²) in [5.74, 6) is 0. The molecule has 0 radical (unpaired) electrons. The number of hydrogen-bond donors (Lipinski definition) is 1. The number of para-hydroxylation sites is 1.